The van der Waals surface area contributed by atoms with Crippen LogP contribution >= 0.6 is 0 Å². The maximum absolute atomic E-state index is 14.5. The lowest BCUT2D eigenvalue weighted by Crippen LogP contribution is -2.34. The summed E-state index contributed by atoms with van der Waals surface area (Å²) in [5.74, 6) is 3.44. The van der Waals surface area contributed by atoms with Crippen molar-refractivity contribution in [3.8, 4) is 5.75 Å². The highest BCUT2D eigenvalue weighted by Crippen LogP contribution is 2.50. The molecule has 3 fully saturated rings. The molecule has 188 valence electrons. The summed E-state index contributed by atoms with van der Waals surface area (Å²) in [6, 6.07) is 3.03. The molecule has 1 aromatic rings. The van der Waals surface area contributed by atoms with Crippen LogP contribution in [0.3, 0.4) is 0 Å². The number of ether oxygens (including phenoxy) is 1. The van der Waals surface area contributed by atoms with Gasteiger partial charge >= 0.3 is 0 Å². The molecule has 0 heterocycles. The zero-order valence-electron chi connectivity index (χ0n) is 21.3. The van der Waals surface area contributed by atoms with E-state index < -0.39 is 11.6 Å². The number of allylic oxidation sites excluding steroid dienone is 3. The van der Waals surface area contributed by atoms with Crippen LogP contribution in [-0.2, 0) is 0 Å². The van der Waals surface area contributed by atoms with Crippen LogP contribution in [0.15, 0.2) is 36.4 Å². The van der Waals surface area contributed by atoms with E-state index in [-0.39, 0.29) is 18.3 Å². The van der Waals surface area contributed by atoms with E-state index in [1.807, 2.05) is 13.0 Å². The highest BCUT2D eigenvalue weighted by atomic mass is 19.1. The van der Waals surface area contributed by atoms with Crippen LogP contribution in [0.25, 0.3) is 0 Å². The monoisotopic (exact) mass is 470 g/mol. The van der Waals surface area contributed by atoms with Crippen LogP contribution in [0.2, 0.25) is 0 Å². The normalized spacial score (nSPS) is 32.2. The Morgan fingerprint density at radius 2 is 1.35 bits per heavy atom. The molecule has 0 spiro atoms. The topological polar surface area (TPSA) is 9.23 Å². The first-order valence-corrected chi connectivity index (χ1v) is 13.9. The van der Waals surface area contributed by atoms with Gasteiger partial charge in [-0.2, -0.15) is 0 Å². The van der Waals surface area contributed by atoms with E-state index in [1.165, 1.54) is 76.3 Å². The van der Waals surface area contributed by atoms with E-state index in [4.69, 9.17) is 4.74 Å². The van der Waals surface area contributed by atoms with E-state index in [0.29, 0.717) is 0 Å². The second-order valence-electron chi connectivity index (χ2n) is 11.2. The second kappa shape index (κ2) is 12.4. The molecule has 3 aliphatic carbocycles. The quantitative estimate of drug-likeness (QED) is 0.344. The molecule has 0 amide bonds. The van der Waals surface area contributed by atoms with Crippen molar-refractivity contribution in [2.24, 2.45) is 29.6 Å². The van der Waals surface area contributed by atoms with Gasteiger partial charge in [-0.15, -0.1) is 0 Å². The molecule has 0 aromatic heterocycles. The second-order valence-corrected chi connectivity index (χ2v) is 11.2. The van der Waals surface area contributed by atoms with Crippen LogP contribution in [0, 0.1) is 41.2 Å². The van der Waals surface area contributed by atoms with E-state index in [2.05, 4.69) is 19.1 Å². The summed E-state index contributed by atoms with van der Waals surface area (Å²) in [5.41, 5.74) is 0.812. The summed E-state index contributed by atoms with van der Waals surface area (Å²) in [6.07, 6.45) is 23.9. The van der Waals surface area contributed by atoms with E-state index in [0.717, 1.165) is 48.0 Å². The van der Waals surface area contributed by atoms with Gasteiger partial charge in [0, 0.05) is 0 Å². The van der Waals surface area contributed by atoms with Gasteiger partial charge in [0.2, 0.25) is 0 Å². The van der Waals surface area contributed by atoms with Gasteiger partial charge < -0.3 is 4.74 Å². The Morgan fingerprint density at radius 1 is 0.765 bits per heavy atom. The third-order valence-electron chi connectivity index (χ3n) is 9.23. The molecule has 0 saturated heterocycles. The van der Waals surface area contributed by atoms with Crippen molar-refractivity contribution in [2.45, 2.75) is 96.8 Å². The Hall–Kier alpha value is -1.64. The largest absolute Gasteiger partial charge is 0.483 e. The predicted octanol–water partition coefficient (Wildman–Crippen LogP) is 9.38. The number of hydrogen-bond donors (Lipinski definition) is 0. The highest BCUT2D eigenvalue weighted by molar-refractivity contribution is 5.33. The van der Waals surface area contributed by atoms with Crippen molar-refractivity contribution in [2.75, 3.05) is 6.61 Å². The van der Waals surface area contributed by atoms with Gasteiger partial charge in [0.05, 0.1) is 0 Å². The summed E-state index contributed by atoms with van der Waals surface area (Å²) in [4.78, 5) is 0. The minimum Gasteiger partial charge on any atom is -0.483 e. The molecule has 1 aromatic carbocycles. The maximum atomic E-state index is 14.5. The van der Waals surface area contributed by atoms with E-state index in [9.17, 15) is 8.78 Å². The minimum absolute atomic E-state index is 0.189. The summed E-state index contributed by atoms with van der Waals surface area (Å²) < 4.78 is 34.4. The smallest absolute Gasteiger partial charge is 0.191 e. The van der Waals surface area contributed by atoms with Crippen molar-refractivity contribution in [1.29, 1.82) is 0 Å². The van der Waals surface area contributed by atoms with Gasteiger partial charge in [0.15, 0.2) is 17.4 Å². The summed E-state index contributed by atoms with van der Waals surface area (Å²) in [6.45, 7) is 4.18. The van der Waals surface area contributed by atoms with Crippen LogP contribution in [-0.4, -0.2) is 6.61 Å². The SMILES string of the molecule is CC=CCCC1CCC2C[C@H](C3CCC(c4cc(F)c(OCC=CC)c(F)c4)CC3)CC[C@@H]2C1. The third kappa shape index (κ3) is 6.32. The first-order chi connectivity index (χ1) is 16.6. The van der Waals surface area contributed by atoms with E-state index >= 15 is 0 Å². The summed E-state index contributed by atoms with van der Waals surface area (Å²) in [7, 11) is 0. The summed E-state index contributed by atoms with van der Waals surface area (Å²) in [5, 5.41) is 0. The third-order valence-corrected chi connectivity index (χ3v) is 9.23. The maximum Gasteiger partial charge on any atom is 0.191 e. The highest BCUT2D eigenvalue weighted by Gasteiger charge is 2.38. The van der Waals surface area contributed by atoms with Crippen molar-refractivity contribution < 1.29 is 13.5 Å². The number of halogens is 2. The Balaban J connectivity index is 1.26. The first kappa shape index (κ1) is 25.5. The van der Waals surface area contributed by atoms with Crippen LogP contribution in [0.5, 0.6) is 5.75 Å². The van der Waals surface area contributed by atoms with Gasteiger partial charge in [0.1, 0.15) is 6.61 Å². The van der Waals surface area contributed by atoms with Gasteiger partial charge in [-0.05, 0) is 138 Å². The lowest BCUT2D eigenvalue weighted by molar-refractivity contribution is 0.0621. The molecular formula is C31H44F2O. The Bertz CT molecular complexity index is 813. The molecule has 3 saturated carbocycles. The van der Waals surface area contributed by atoms with Crippen LogP contribution in [0.4, 0.5) is 8.78 Å². The molecule has 4 rings (SSSR count). The zero-order chi connectivity index (χ0) is 23.9. The minimum atomic E-state index is -0.568. The van der Waals surface area contributed by atoms with Crippen molar-refractivity contribution in [3.63, 3.8) is 0 Å². The standard InChI is InChI=1S/C31H44F2O/c1-3-5-7-8-22-9-10-27-19-26(16-15-25(27)18-22)23-11-13-24(14-12-23)28-20-29(32)31(30(33)21-28)34-17-6-4-2/h3-6,20-27H,7-19H2,1-2H3/t22?,23?,24?,25-,26-,27?/m1/s1. The van der Waals surface area contributed by atoms with Crippen LogP contribution in [0.1, 0.15) is 102 Å². The van der Waals surface area contributed by atoms with E-state index in [1.54, 1.807) is 6.08 Å². The number of benzene rings is 1. The molecule has 0 aliphatic heterocycles. The van der Waals surface area contributed by atoms with Gasteiger partial charge in [-0.3, -0.25) is 0 Å². The molecule has 2 unspecified atom stereocenters. The Kier molecular flexibility index (Phi) is 9.25. The number of hydrogen-bond acceptors (Lipinski definition) is 1. The molecule has 34 heavy (non-hydrogen) atoms. The molecule has 3 aliphatic rings. The zero-order valence-corrected chi connectivity index (χ0v) is 21.3. The first-order valence-electron chi connectivity index (χ1n) is 13.9. The lowest BCUT2D eigenvalue weighted by Gasteiger charge is -2.45. The van der Waals surface area contributed by atoms with Crippen LogP contribution < -0.4 is 4.74 Å². The van der Waals surface area contributed by atoms with Gasteiger partial charge in [-0.25, -0.2) is 8.78 Å². The fraction of sp³-hybridized carbons (Fsp3) is 0.677. The number of rotatable bonds is 8. The Labute approximate surface area is 206 Å². The Morgan fingerprint density at radius 3 is 2.03 bits per heavy atom. The average Bonchev–Trinajstić information content (AvgIpc) is 2.85. The predicted molar refractivity (Wildman–Crippen MR) is 137 cm³/mol. The molecule has 0 bridgehead atoms. The van der Waals surface area contributed by atoms with Crippen molar-refractivity contribution >= 4 is 0 Å². The molecule has 3 heteroatoms. The van der Waals surface area contributed by atoms with Gasteiger partial charge in [-0.1, -0.05) is 30.7 Å². The molecule has 1 nitrogen and oxygen atoms in total. The van der Waals surface area contributed by atoms with Crippen molar-refractivity contribution in [1.82, 2.24) is 0 Å². The fourth-order valence-corrected chi connectivity index (χ4v) is 7.32. The molecule has 0 N–H and O–H groups in total. The van der Waals surface area contributed by atoms with Gasteiger partial charge in [0.25, 0.3) is 0 Å². The molecule has 0 radical (unpaired) electrons. The number of fused-ring (bicyclic) bond motifs is 1. The fourth-order valence-electron chi connectivity index (χ4n) is 7.32. The van der Waals surface area contributed by atoms with Crippen molar-refractivity contribution in [3.05, 3.63) is 53.6 Å². The molecular weight excluding hydrogens is 426 g/mol. The summed E-state index contributed by atoms with van der Waals surface area (Å²) >= 11 is 0. The lowest BCUT2D eigenvalue weighted by atomic mass is 9.60. The average molecular weight is 471 g/mol. The molecule has 4 atom stereocenters.